The lowest BCUT2D eigenvalue weighted by atomic mass is 10.0. The topological polar surface area (TPSA) is 61.3 Å². The second-order valence-corrected chi connectivity index (χ2v) is 9.14. The van der Waals surface area contributed by atoms with E-state index in [1.807, 2.05) is 6.08 Å². The smallest absolute Gasteiger partial charge is 0.311 e. The van der Waals surface area contributed by atoms with E-state index in [4.69, 9.17) is 9.47 Å². The molecule has 0 atom stereocenters. The van der Waals surface area contributed by atoms with Crippen molar-refractivity contribution in [2.24, 2.45) is 0 Å². The first-order valence-electron chi connectivity index (χ1n) is 13.5. The van der Waals surface area contributed by atoms with Gasteiger partial charge in [0, 0.05) is 25.2 Å². The summed E-state index contributed by atoms with van der Waals surface area (Å²) in [6.07, 6.45) is 20.4. The van der Waals surface area contributed by atoms with Gasteiger partial charge in [-0.15, -0.1) is 6.58 Å². The molecule has 192 valence electrons. The van der Waals surface area contributed by atoms with Gasteiger partial charge in [0.05, 0.1) is 12.4 Å². The fourth-order valence-corrected chi connectivity index (χ4v) is 3.92. The van der Waals surface area contributed by atoms with Crippen molar-refractivity contribution in [1.82, 2.24) is 9.97 Å². The molecule has 0 aliphatic heterocycles. The van der Waals surface area contributed by atoms with Crippen molar-refractivity contribution < 1.29 is 14.3 Å². The van der Waals surface area contributed by atoms with Gasteiger partial charge in [-0.25, -0.2) is 9.97 Å². The van der Waals surface area contributed by atoms with Gasteiger partial charge in [-0.2, -0.15) is 0 Å². The van der Waals surface area contributed by atoms with Crippen LogP contribution in [0.15, 0.2) is 49.3 Å². The van der Waals surface area contributed by atoms with Crippen LogP contribution in [-0.2, 0) is 16.0 Å². The molecule has 0 saturated heterocycles. The average Bonchev–Trinajstić information content (AvgIpc) is 2.88. The molecule has 1 aromatic carbocycles. The van der Waals surface area contributed by atoms with Gasteiger partial charge in [-0.05, 0) is 50.5 Å². The Morgan fingerprint density at radius 1 is 0.857 bits per heavy atom. The lowest BCUT2D eigenvalue weighted by molar-refractivity contribution is -0.134. The minimum absolute atomic E-state index is 0.214. The van der Waals surface area contributed by atoms with Crippen LogP contribution in [0.3, 0.4) is 0 Å². The fraction of sp³-hybridized carbons (Fsp3) is 0.567. The summed E-state index contributed by atoms with van der Waals surface area (Å²) in [7, 11) is 0. The highest BCUT2D eigenvalue weighted by Crippen LogP contribution is 2.19. The Kier molecular flexibility index (Phi) is 15.4. The Hall–Kier alpha value is -2.53. The summed E-state index contributed by atoms with van der Waals surface area (Å²) in [6.45, 7) is 7.62. The highest BCUT2D eigenvalue weighted by Gasteiger charge is 2.07. The van der Waals surface area contributed by atoms with Gasteiger partial charge in [-0.1, -0.05) is 75.8 Å². The van der Waals surface area contributed by atoms with Gasteiger partial charge in [0.15, 0.2) is 11.6 Å². The number of nitrogens with zero attached hydrogens (tertiary/aromatic N) is 2. The molecule has 0 fully saturated rings. The maximum absolute atomic E-state index is 12.1. The fourth-order valence-electron chi connectivity index (χ4n) is 3.92. The van der Waals surface area contributed by atoms with Crippen molar-refractivity contribution in [2.75, 3.05) is 13.2 Å². The summed E-state index contributed by atoms with van der Waals surface area (Å²) in [6, 6.07) is 8.39. The van der Waals surface area contributed by atoms with Crippen LogP contribution < -0.4 is 4.74 Å². The number of carbonyl (C=O) groups excluding carboxylic acids is 1. The summed E-state index contributed by atoms with van der Waals surface area (Å²) >= 11 is 0. The zero-order valence-corrected chi connectivity index (χ0v) is 21.7. The number of hydrogen-bond acceptors (Lipinski definition) is 5. The number of hydrogen-bond donors (Lipinski definition) is 0. The minimum atomic E-state index is -0.214. The van der Waals surface area contributed by atoms with Gasteiger partial charge in [0.25, 0.3) is 0 Å². The maximum atomic E-state index is 12.1. The first-order chi connectivity index (χ1) is 17.2. The van der Waals surface area contributed by atoms with Crippen LogP contribution in [0.1, 0.15) is 96.0 Å². The Balaban J connectivity index is 1.62. The highest BCUT2D eigenvalue weighted by atomic mass is 16.5. The predicted octanol–water partition coefficient (Wildman–Crippen LogP) is 7.89. The number of aryl methyl sites for hydroxylation is 1. The molecule has 0 saturated carbocycles. The molecular formula is C30H44N2O3. The standard InChI is InChI=1S/C30H44N2O3/c1-3-5-6-7-8-9-10-11-14-17-29(33)35-28-24-31-30(32-25-28)27-20-18-26(19-21-27)16-13-12-15-23-34-22-4-2/h3,18-21,24-25H,1,4-17,22-23H2,2H3. The average molecular weight is 481 g/mol. The van der Waals surface area contributed by atoms with Crippen molar-refractivity contribution in [3.05, 3.63) is 54.9 Å². The minimum Gasteiger partial charge on any atom is -0.423 e. The summed E-state index contributed by atoms with van der Waals surface area (Å²) in [5, 5.41) is 0. The lowest BCUT2D eigenvalue weighted by Crippen LogP contribution is -2.08. The molecule has 2 rings (SSSR count). The Labute approximate surface area is 212 Å². The summed E-state index contributed by atoms with van der Waals surface area (Å²) in [5.41, 5.74) is 2.28. The molecule has 0 aliphatic rings. The number of ether oxygens (including phenoxy) is 2. The second kappa shape index (κ2) is 18.8. The SMILES string of the molecule is C=CCCCCCCCCCC(=O)Oc1cnc(-c2ccc(CCCCCOCCC)cc2)nc1. The van der Waals surface area contributed by atoms with E-state index in [1.165, 1.54) is 50.5 Å². The Morgan fingerprint density at radius 3 is 2.20 bits per heavy atom. The number of esters is 1. The van der Waals surface area contributed by atoms with Crippen molar-refractivity contribution >= 4 is 5.97 Å². The number of benzene rings is 1. The monoisotopic (exact) mass is 480 g/mol. The first kappa shape index (κ1) is 28.7. The zero-order valence-electron chi connectivity index (χ0n) is 21.7. The molecule has 1 aromatic heterocycles. The van der Waals surface area contributed by atoms with E-state index in [0.717, 1.165) is 57.3 Å². The van der Waals surface area contributed by atoms with Crippen molar-refractivity contribution in [3.8, 4) is 17.1 Å². The molecule has 0 unspecified atom stereocenters. The molecule has 2 aromatic rings. The molecule has 0 bridgehead atoms. The van der Waals surface area contributed by atoms with Crippen LogP contribution >= 0.6 is 0 Å². The molecule has 0 N–H and O–H groups in total. The van der Waals surface area contributed by atoms with Crippen molar-refractivity contribution in [3.63, 3.8) is 0 Å². The van der Waals surface area contributed by atoms with E-state index in [1.54, 1.807) is 12.4 Å². The largest absolute Gasteiger partial charge is 0.423 e. The lowest BCUT2D eigenvalue weighted by Gasteiger charge is -2.06. The molecule has 0 aliphatic carbocycles. The summed E-state index contributed by atoms with van der Waals surface area (Å²) in [4.78, 5) is 20.9. The molecule has 0 radical (unpaired) electrons. The van der Waals surface area contributed by atoms with E-state index < -0.39 is 0 Å². The van der Waals surface area contributed by atoms with Gasteiger partial charge in [0.2, 0.25) is 0 Å². The number of carbonyl (C=O) groups is 1. The molecule has 0 amide bonds. The van der Waals surface area contributed by atoms with Gasteiger partial charge < -0.3 is 9.47 Å². The molecule has 1 heterocycles. The molecule has 5 heteroatoms. The number of aromatic nitrogens is 2. The van der Waals surface area contributed by atoms with E-state index in [9.17, 15) is 4.79 Å². The molecular weight excluding hydrogens is 436 g/mol. The zero-order chi connectivity index (χ0) is 25.0. The van der Waals surface area contributed by atoms with Crippen LogP contribution in [0.4, 0.5) is 0 Å². The molecule has 5 nitrogen and oxygen atoms in total. The predicted molar refractivity (Wildman–Crippen MR) is 144 cm³/mol. The van der Waals surface area contributed by atoms with E-state index in [0.29, 0.717) is 18.0 Å². The van der Waals surface area contributed by atoms with E-state index in [2.05, 4.69) is 47.7 Å². The summed E-state index contributed by atoms with van der Waals surface area (Å²) < 4.78 is 10.9. The van der Waals surface area contributed by atoms with Crippen LogP contribution in [-0.4, -0.2) is 29.2 Å². The van der Waals surface area contributed by atoms with Crippen LogP contribution in [0.2, 0.25) is 0 Å². The number of unbranched alkanes of at least 4 members (excludes halogenated alkanes) is 9. The highest BCUT2D eigenvalue weighted by molar-refractivity contribution is 5.72. The van der Waals surface area contributed by atoms with Crippen LogP contribution in [0.25, 0.3) is 11.4 Å². The first-order valence-corrected chi connectivity index (χ1v) is 13.5. The van der Waals surface area contributed by atoms with Crippen molar-refractivity contribution in [2.45, 2.75) is 96.8 Å². The molecule has 0 spiro atoms. The van der Waals surface area contributed by atoms with E-state index in [-0.39, 0.29) is 5.97 Å². The van der Waals surface area contributed by atoms with E-state index >= 15 is 0 Å². The van der Waals surface area contributed by atoms with Gasteiger partial charge in [-0.3, -0.25) is 4.79 Å². The molecule has 35 heavy (non-hydrogen) atoms. The Morgan fingerprint density at radius 2 is 1.51 bits per heavy atom. The third-order valence-corrected chi connectivity index (χ3v) is 5.96. The summed E-state index contributed by atoms with van der Waals surface area (Å²) in [5.74, 6) is 0.826. The second-order valence-electron chi connectivity index (χ2n) is 9.14. The quantitative estimate of drug-likeness (QED) is 0.110. The maximum Gasteiger partial charge on any atom is 0.311 e. The van der Waals surface area contributed by atoms with Gasteiger partial charge >= 0.3 is 5.97 Å². The Bertz CT molecular complexity index is 819. The third-order valence-electron chi connectivity index (χ3n) is 5.96. The van der Waals surface area contributed by atoms with Gasteiger partial charge in [0.1, 0.15) is 0 Å². The van der Waals surface area contributed by atoms with Crippen molar-refractivity contribution in [1.29, 1.82) is 0 Å². The number of rotatable bonds is 20. The third kappa shape index (κ3) is 13.2. The number of allylic oxidation sites excluding steroid dienone is 1. The van der Waals surface area contributed by atoms with Crippen LogP contribution in [0, 0.1) is 0 Å². The normalized spacial score (nSPS) is 10.9. The van der Waals surface area contributed by atoms with Crippen LogP contribution in [0.5, 0.6) is 5.75 Å².